The molecule has 196 valence electrons. The number of aromatic amines is 1. The fourth-order valence-electron chi connectivity index (χ4n) is 3.88. The van der Waals surface area contributed by atoms with Crippen molar-refractivity contribution < 1.29 is 28.8 Å². The summed E-state index contributed by atoms with van der Waals surface area (Å²) in [5, 5.41) is 17.1. The van der Waals surface area contributed by atoms with Gasteiger partial charge in [0, 0.05) is 25.1 Å². The number of aromatic nitrogens is 1. The molecule has 37 heavy (non-hydrogen) atoms. The Morgan fingerprint density at radius 3 is 2.32 bits per heavy atom. The van der Waals surface area contributed by atoms with Gasteiger partial charge in [-0.3, -0.25) is 14.9 Å². The molecular formula is C26H30N4O7. The number of carbonyl (C=O) groups is 3. The summed E-state index contributed by atoms with van der Waals surface area (Å²) in [7, 11) is 1.18. The van der Waals surface area contributed by atoms with Gasteiger partial charge in [-0.15, -0.1) is 0 Å². The Hall–Kier alpha value is -4.41. The van der Waals surface area contributed by atoms with E-state index in [-0.39, 0.29) is 18.5 Å². The first-order valence-electron chi connectivity index (χ1n) is 11.6. The summed E-state index contributed by atoms with van der Waals surface area (Å²) >= 11 is 0. The molecule has 2 aromatic carbocycles. The molecule has 0 fully saturated rings. The van der Waals surface area contributed by atoms with E-state index in [4.69, 9.17) is 9.47 Å². The predicted octanol–water partition coefficient (Wildman–Crippen LogP) is 3.41. The van der Waals surface area contributed by atoms with Crippen molar-refractivity contribution in [2.45, 2.75) is 51.3 Å². The summed E-state index contributed by atoms with van der Waals surface area (Å²) in [6.45, 7) is 5.10. The van der Waals surface area contributed by atoms with Gasteiger partial charge in [0.05, 0.1) is 22.9 Å². The number of nitrogens with zero attached hydrogens (tertiary/aromatic N) is 1. The van der Waals surface area contributed by atoms with Gasteiger partial charge < -0.3 is 25.1 Å². The van der Waals surface area contributed by atoms with Crippen LogP contribution in [0.4, 0.5) is 10.5 Å². The Bertz CT molecular complexity index is 1280. The fraction of sp³-hybridized carbons (Fsp3) is 0.346. The Morgan fingerprint density at radius 2 is 1.70 bits per heavy atom. The average molecular weight is 511 g/mol. The minimum Gasteiger partial charge on any atom is -0.467 e. The number of carbonyl (C=O) groups excluding carboxylic acids is 3. The molecule has 0 saturated carbocycles. The molecule has 1 heterocycles. The lowest BCUT2D eigenvalue weighted by Gasteiger charge is -2.25. The zero-order valence-electron chi connectivity index (χ0n) is 21.1. The van der Waals surface area contributed by atoms with E-state index < -0.39 is 40.6 Å². The number of non-ortho nitro benzene ring substituents is 1. The maximum atomic E-state index is 13.3. The number of benzene rings is 2. The number of nitro groups is 1. The number of alkyl carbamates (subject to hydrolysis) is 1. The fourth-order valence-corrected chi connectivity index (χ4v) is 3.88. The van der Waals surface area contributed by atoms with E-state index in [0.717, 1.165) is 5.56 Å². The van der Waals surface area contributed by atoms with Crippen LogP contribution in [0.2, 0.25) is 0 Å². The van der Waals surface area contributed by atoms with Gasteiger partial charge in [0.15, 0.2) is 0 Å². The second-order valence-electron chi connectivity index (χ2n) is 9.45. The molecule has 0 unspecified atom stereocenters. The van der Waals surface area contributed by atoms with Crippen molar-refractivity contribution in [1.29, 1.82) is 0 Å². The lowest BCUT2D eigenvalue weighted by atomic mass is 10.0. The highest BCUT2D eigenvalue weighted by molar-refractivity contribution is 5.93. The molecule has 0 saturated heterocycles. The minimum atomic E-state index is -1.17. The molecule has 0 aliphatic carbocycles. The molecule has 0 radical (unpaired) electrons. The van der Waals surface area contributed by atoms with Gasteiger partial charge in [0.2, 0.25) is 5.91 Å². The van der Waals surface area contributed by atoms with E-state index in [1.54, 1.807) is 63.4 Å². The quantitative estimate of drug-likeness (QED) is 0.226. The van der Waals surface area contributed by atoms with Crippen molar-refractivity contribution in [1.82, 2.24) is 15.6 Å². The van der Waals surface area contributed by atoms with Gasteiger partial charge in [0.1, 0.15) is 17.7 Å². The number of amides is 2. The lowest BCUT2D eigenvalue weighted by molar-refractivity contribution is -0.383. The molecule has 0 bridgehead atoms. The molecule has 2 amide bonds. The number of ether oxygens (including phenoxy) is 2. The SMILES string of the molecule is COC(=O)[C@H](Cc1c[nH]c2cccc([N+](=O)[O-])c12)NC(=O)[C@H](Cc1ccccc1)NC(=O)OC(C)(C)C. The largest absolute Gasteiger partial charge is 0.467 e. The van der Waals surface area contributed by atoms with Gasteiger partial charge in [-0.25, -0.2) is 9.59 Å². The maximum Gasteiger partial charge on any atom is 0.408 e. The van der Waals surface area contributed by atoms with Gasteiger partial charge >= 0.3 is 12.1 Å². The van der Waals surface area contributed by atoms with Gasteiger partial charge in [-0.2, -0.15) is 0 Å². The average Bonchev–Trinajstić information content (AvgIpc) is 3.25. The number of esters is 1. The van der Waals surface area contributed by atoms with Crippen molar-refractivity contribution in [2.75, 3.05) is 7.11 Å². The molecular weight excluding hydrogens is 480 g/mol. The van der Waals surface area contributed by atoms with Crippen LogP contribution in [0.3, 0.4) is 0 Å². The number of methoxy groups -OCH3 is 1. The molecule has 3 N–H and O–H groups in total. The lowest BCUT2D eigenvalue weighted by Crippen LogP contribution is -2.53. The summed E-state index contributed by atoms with van der Waals surface area (Å²) in [5.41, 5.74) is 0.847. The molecule has 0 aliphatic rings. The summed E-state index contributed by atoms with van der Waals surface area (Å²) < 4.78 is 10.2. The van der Waals surface area contributed by atoms with E-state index in [2.05, 4.69) is 15.6 Å². The first-order chi connectivity index (χ1) is 17.5. The normalized spacial score (nSPS) is 12.9. The third-order valence-corrected chi connectivity index (χ3v) is 5.48. The molecule has 1 aromatic heterocycles. The van der Waals surface area contributed by atoms with Crippen LogP contribution >= 0.6 is 0 Å². The van der Waals surface area contributed by atoms with Crippen molar-refractivity contribution >= 4 is 34.6 Å². The molecule has 2 atom stereocenters. The van der Waals surface area contributed by atoms with Crippen LogP contribution in [0.15, 0.2) is 54.7 Å². The second-order valence-corrected chi connectivity index (χ2v) is 9.45. The molecule has 11 heteroatoms. The smallest absolute Gasteiger partial charge is 0.408 e. The van der Waals surface area contributed by atoms with Gasteiger partial charge in [-0.05, 0) is 38.0 Å². The number of hydrogen-bond donors (Lipinski definition) is 3. The van der Waals surface area contributed by atoms with E-state index in [1.807, 2.05) is 6.07 Å². The molecule has 11 nitrogen and oxygen atoms in total. The van der Waals surface area contributed by atoms with Crippen LogP contribution in [0, 0.1) is 10.1 Å². The predicted molar refractivity (Wildman–Crippen MR) is 136 cm³/mol. The summed E-state index contributed by atoms with van der Waals surface area (Å²) in [4.78, 5) is 52.5. The summed E-state index contributed by atoms with van der Waals surface area (Å²) in [5.74, 6) is -1.38. The third kappa shape index (κ3) is 7.29. The zero-order valence-corrected chi connectivity index (χ0v) is 21.1. The van der Waals surface area contributed by atoms with Crippen LogP contribution in [0.1, 0.15) is 31.9 Å². The Balaban J connectivity index is 1.87. The summed E-state index contributed by atoms with van der Waals surface area (Å²) in [6, 6.07) is 11.4. The van der Waals surface area contributed by atoms with Crippen molar-refractivity contribution in [3.63, 3.8) is 0 Å². The number of nitrogens with one attached hydrogen (secondary N) is 3. The number of hydrogen-bond acceptors (Lipinski definition) is 7. The first-order valence-corrected chi connectivity index (χ1v) is 11.6. The van der Waals surface area contributed by atoms with E-state index in [0.29, 0.717) is 16.5 Å². The van der Waals surface area contributed by atoms with Crippen molar-refractivity contribution in [3.8, 4) is 0 Å². The first kappa shape index (κ1) is 27.2. The van der Waals surface area contributed by atoms with E-state index in [9.17, 15) is 24.5 Å². The van der Waals surface area contributed by atoms with Crippen LogP contribution in [-0.4, -0.2) is 52.7 Å². The second kappa shape index (κ2) is 11.5. The molecule has 0 spiro atoms. The minimum absolute atomic E-state index is 0.0756. The van der Waals surface area contributed by atoms with Gasteiger partial charge in [0.25, 0.3) is 5.69 Å². The van der Waals surface area contributed by atoms with Gasteiger partial charge in [-0.1, -0.05) is 36.4 Å². The van der Waals surface area contributed by atoms with Crippen molar-refractivity contribution in [3.05, 3.63) is 76.0 Å². The van der Waals surface area contributed by atoms with Crippen LogP contribution in [0.5, 0.6) is 0 Å². The third-order valence-electron chi connectivity index (χ3n) is 5.48. The Morgan fingerprint density at radius 1 is 1.00 bits per heavy atom. The van der Waals surface area contributed by atoms with Crippen LogP contribution in [-0.2, 0) is 31.9 Å². The Kier molecular flexibility index (Phi) is 8.49. The highest BCUT2D eigenvalue weighted by atomic mass is 16.6. The molecule has 0 aliphatic heterocycles. The van der Waals surface area contributed by atoms with Crippen molar-refractivity contribution in [2.24, 2.45) is 0 Å². The number of H-pyrrole nitrogens is 1. The maximum absolute atomic E-state index is 13.3. The zero-order chi connectivity index (χ0) is 27.2. The molecule has 3 aromatic rings. The standard InChI is InChI=1S/C26H30N4O7/c1-26(2,3)37-25(33)29-19(13-16-9-6-5-7-10-16)23(31)28-20(24(32)36-4)14-17-15-27-18-11-8-12-21(22(17)18)30(34)35/h5-12,15,19-20,27H,13-14H2,1-4H3,(H,28,31)(H,29,33)/t19-,20-/m0/s1. The van der Waals surface area contributed by atoms with Crippen LogP contribution in [0.25, 0.3) is 10.9 Å². The number of fused-ring (bicyclic) bond motifs is 1. The Labute approximate surface area is 213 Å². The molecule has 3 rings (SSSR count). The topological polar surface area (TPSA) is 153 Å². The number of nitro benzene ring substituents is 1. The highest BCUT2D eigenvalue weighted by Crippen LogP contribution is 2.29. The van der Waals surface area contributed by atoms with E-state index in [1.165, 1.54) is 13.2 Å². The van der Waals surface area contributed by atoms with Crippen LogP contribution < -0.4 is 10.6 Å². The highest BCUT2D eigenvalue weighted by Gasteiger charge is 2.30. The van der Waals surface area contributed by atoms with E-state index >= 15 is 0 Å². The summed E-state index contributed by atoms with van der Waals surface area (Å²) in [6.07, 6.45) is 0.831. The monoisotopic (exact) mass is 510 g/mol. The number of rotatable bonds is 9.